The molecule has 3 aliphatic rings. The minimum Gasteiger partial charge on any atom is -0.507 e. The number of rotatable bonds is 4. The summed E-state index contributed by atoms with van der Waals surface area (Å²) < 4.78 is 11.7. The molecule has 44 heavy (non-hydrogen) atoms. The van der Waals surface area contributed by atoms with Crippen LogP contribution < -0.4 is 5.73 Å². The predicted octanol–water partition coefficient (Wildman–Crippen LogP) is -1.15. The minimum absolute atomic E-state index is 0.0000635. The molecule has 236 valence electrons. The molecular weight excluding hydrogens is 590 g/mol. The Labute approximate surface area is 247 Å². The monoisotopic (exact) mass is 619 g/mol. The van der Waals surface area contributed by atoms with Crippen molar-refractivity contribution < 1.29 is 74.3 Å². The summed E-state index contributed by atoms with van der Waals surface area (Å²) in [7, 11) is 0. The van der Waals surface area contributed by atoms with Crippen molar-refractivity contribution >= 4 is 29.3 Å². The molecule has 1 heterocycles. The van der Waals surface area contributed by atoms with E-state index >= 15 is 0 Å². The summed E-state index contributed by atoms with van der Waals surface area (Å²) in [5.74, 6) is -8.37. The average Bonchev–Trinajstić information content (AvgIpc) is 2.95. The fraction of sp³-hybridized carbons (Fsp3) is 0.393. The predicted molar refractivity (Wildman–Crippen MR) is 142 cm³/mol. The van der Waals surface area contributed by atoms with Crippen LogP contribution in [0.15, 0.2) is 18.2 Å². The lowest BCUT2D eigenvalue weighted by Crippen LogP contribution is -2.53. The Hall–Kier alpha value is -4.45. The number of aromatic hydroxyl groups is 3. The van der Waals surface area contributed by atoms with Crippen LogP contribution in [0.1, 0.15) is 68.8 Å². The van der Waals surface area contributed by atoms with E-state index in [9.17, 15) is 45.0 Å². The second kappa shape index (κ2) is 11.9. The number of benzene rings is 2. The number of carbonyl (C=O) groups excluding carboxylic acids is 3. The van der Waals surface area contributed by atoms with Crippen molar-refractivity contribution in [3.8, 4) is 17.2 Å². The van der Waals surface area contributed by atoms with Crippen LogP contribution in [0, 0.1) is 0 Å². The van der Waals surface area contributed by atoms with Crippen LogP contribution in [0.2, 0.25) is 0 Å². The number of hydrogen-bond acceptors (Lipinski definition) is 14. The molecule has 1 aliphatic heterocycles. The van der Waals surface area contributed by atoms with Crippen molar-refractivity contribution in [2.24, 2.45) is 5.73 Å². The molecule has 6 atom stereocenters. The number of ketones is 3. The highest BCUT2D eigenvalue weighted by molar-refractivity contribution is 6.31. The maximum Gasteiger partial charge on any atom is 0.414 e. The summed E-state index contributed by atoms with van der Waals surface area (Å²) in [5, 5.41) is 78.4. The van der Waals surface area contributed by atoms with E-state index in [0.717, 1.165) is 0 Å². The zero-order valence-electron chi connectivity index (χ0n) is 23.0. The zero-order valence-corrected chi connectivity index (χ0v) is 23.0. The summed E-state index contributed by atoms with van der Waals surface area (Å²) in [6.45, 7) is 0.530. The molecule has 0 amide bonds. The lowest BCUT2D eigenvalue weighted by molar-refractivity contribution is -0.247. The third kappa shape index (κ3) is 5.49. The number of fused-ring (bicyclic) bond motifs is 3. The fourth-order valence-electron chi connectivity index (χ4n) is 5.59. The Bertz CT molecular complexity index is 1540. The molecule has 2 aromatic carbocycles. The zero-order chi connectivity index (χ0) is 32.8. The van der Waals surface area contributed by atoms with Crippen LogP contribution in [-0.4, -0.2) is 107 Å². The number of Topliss-reactive ketones (excluding diaryl/α,β-unsaturated/α-hetero) is 1. The van der Waals surface area contributed by atoms with Gasteiger partial charge in [-0.3, -0.25) is 14.4 Å². The van der Waals surface area contributed by atoms with E-state index in [0.29, 0.717) is 0 Å². The van der Waals surface area contributed by atoms with Gasteiger partial charge in [-0.15, -0.1) is 0 Å². The number of nitrogens with two attached hydrogens (primary N) is 1. The first-order chi connectivity index (χ1) is 20.5. The number of phenolic OH excluding ortho intramolecular Hbond substituents is 3. The van der Waals surface area contributed by atoms with E-state index in [2.05, 4.69) is 0 Å². The topological polar surface area (TPSA) is 292 Å². The Kier molecular flexibility index (Phi) is 8.79. The Morgan fingerprint density at radius 1 is 1.02 bits per heavy atom. The van der Waals surface area contributed by atoms with Gasteiger partial charge in [0.1, 0.15) is 29.5 Å². The fourth-order valence-corrected chi connectivity index (χ4v) is 5.59. The number of aliphatic hydroxyl groups is 3. The number of aliphatic hydroxyl groups excluding tert-OH is 2. The molecule has 5 rings (SSSR count). The molecule has 0 bridgehead atoms. The van der Waals surface area contributed by atoms with E-state index in [1.54, 1.807) is 6.92 Å². The van der Waals surface area contributed by atoms with Gasteiger partial charge in [-0.05, 0) is 13.0 Å². The van der Waals surface area contributed by atoms with E-state index in [4.69, 9.17) is 35.0 Å². The van der Waals surface area contributed by atoms with Gasteiger partial charge in [-0.25, -0.2) is 9.59 Å². The molecule has 2 aliphatic carbocycles. The lowest BCUT2D eigenvalue weighted by atomic mass is 9.72. The van der Waals surface area contributed by atoms with Crippen LogP contribution >= 0.6 is 0 Å². The van der Waals surface area contributed by atoms with Crippen molar-refractivity contribution in [1.29, 1.82) is 0 Å². The van der Waals surface area contributed by atoms with Crippen molar-refractivity contribution in [2.75, 3.05) is 6.61 Å². The van der Waals surface area contributed by atoms with Crippen LogP contribution in [-0.2, 0) is 30.3 Å². The standard InChI is InChI=1S/C26H27NO11.C2H2O4/c1-9-21(31)12(27)5-16(37-9)38-14-7-26(36,15(30)8-28)6-11-18(14)25(35)20-19(23(11)33)22(32)10-3-2-4-13(29)17(10)24(20)34;3-1(4)2(5)6/h2-4,9,12,14,16,21,28-29,31,33,35-36H,5-8,27H2,1H3;(H,3,4)(H,5,6)/t9-,12-,14-,16-,21+,26-;/m0./s1. The van der Waals surface area contributed by atoms with Gasteiger partial charge in [0.15, 0.2) is 17.9 Å². The van der Waals surface area contributed by atoms with Gasteiger partial charge >= 0.3 is 11.9 Å². The van der Waals surface area contributed by atoms with E-state index in [-0.39, 0.29) is 28.7 Å². The second-order valence-corrected chi connectivity index (χ2v) is 10.6. The molecule has 1 fully saturated rings. The summed E-state index contributed by atoms with van der Waals surface area (Å²) in [6.07, 6.45) is -5.27. The maximum atomic E-state index is 13.4. The van der Waals surface area contributed by atoms with Crippen LogP contribution in [0.25, 0.3) is 0 Å². The molecule has 1 saturated heterocycles. The summed E-state index contributed by atoms with van der Waals surface area (Å²) >= 11 is 0. The van der Waals surface area contributed by atoms with Crippen molar-refractivity contribution in [2.45, 2.75) is 62.4 Å². The molecular formula is C28H29NO15. The summed E-state index contributed by atoms with van der Waals surface area (Å²) in [5.41, 5.74) is 1.70. The molecule has 0 unspecified atom stereocenters. The molecule has 0 spiro atoms. The number of ether oxygens (including phenoxy) is 2. The molecule has 16 heteroatoms. The largest absolute Gasteiger partial charge is 0.507 e. The Morgan fingerprint density at radius 3 is 2.20 bits per heavy atom. The van der Waals surface area contributed by atoms with E-state index in [1.807, 2.05) is 0 Å². The van der Waals surface area contributed by atoms with Crippen molar-refractivity contribution in [1.82, 2.24) is 0 Å². The van der Waals surface area contributed by atoms with Gasteiger partial charge in [0.25, 0.3) is 0 Å². The number of hydrogen-bond donors (Lipinski definition) is 9. The van der Waals surface area contributed by atoms with Gasteiger partial charge in [0.05, 0.1) is 35.0 Å². The molecule has 16 nitrogen and oxygen atoms in total. The highest BCUT2D eigenvalue weighted by Crippen LogP contribution is 2.52. The van der Waals surface area contributed by atoms with Crippen LogP contribution in [0.3, 0.4) is 0 Å². The summed E-state index contributed by atoms with van der Waals surface area (Å²) in [4.78, 5) is 57.5. The average molecular weight is 620 g/mol. The minimum atomic E-state index is -2.26. The van der Waals surface area contributed by atoms with Crippen LogP contribution in [0.5, 0.6) is 17.2 Å². The van der Waals surface area contributed by atoms with Gasteiger partial charge in [0, 0.05) is 42.0 Å². The Morgan fingerprint density at radius 2 is 1.64 bits per heavy atom. The molecule has 0 saturated carbocycles. The Balaban J connectivity index is 0.000000670. The normalized spacial score (nSPS) is 27.2. The third-order valence-electron chi connectivity index (χ3n) is 7.78. The lowest BCUT2D eigenvalue weighted by Gasteiger charge is -2.42. The van der Waals surface area contributed by atoms with Gasteiger partial charge in [0.2, 0.25) is 5.78 Å². The number of aliphatic carboxylic acids is 2. The number of carbonyl (C=O) groups is 5. The van der Waals surface area contributed by atoms with Crippen molar-refractivity contribution in [3.63, 3.8) is 0 Å². The highest BCUT2D eigenvalue weighted by Gasteiger charge is 2.50. The smallest absolute Gasteiger partial charge is 0.414 e. The van der Waals surface area contributed by atoms with Gasteiger partial charge in [-0.1, -0.05) is 12.1 Å². The van der Waals surface area contributed by atoms with E-state index in [1.165, 1.54) is 18.2 Å². The summed E-state index contributed by atoms with van der Waals surface area (Å²) in [6, 6.07) is 3.09. The number of carboxylic acid groups (broad SMARTS) is 2. The van der Waals surface area contributed by atoms with Gasteiger partial charge in [-0.2, -0.15) is 0 Å². The van der Waals surface area contributed by atoms with E-state index < -0.39 is 113 Å². The van der Waals surface area contributed by atoms with Crippen LogP contribution in [0.4, 0.5) is 0 Å². The molecule has 2 aromatic rings. The number of phenols is 3. The second-order valence-electron chi connectivity index (χ2n) is 10.6. The third-order valence-corrected chi connectivity index (χ3v) is 7.78. The quantitative estimate of drug-likeness (QED) is 0.123. The first-order valence-electron chi connectivity index (χ1n) is 13.1. The molecule has 10 N–H and O–H groups in total. The first-order valence-corrected chi connectivity index (χ1v) is 13.1. The first kappa shape index (κ1) is 32.5. The maximum absolute atomic E-state index is 13.4. The van der Waals surface area contributed by atoms with Crippen molar-refractivity contribution in [3.05, 3.63) is 51.6 Å². The number of carboxylic acids is 2. The SMILES string of the molecule is C[C@@H]1O[C@@H](O[C@H]2C[C@](O)(C(=O)CO)Cc3c(O)c4c(c(O)c32)C(=O)c2c(O)cccc2C4=O)C[C@H](N)[C@@H]1O.O=C(O)C(=O)O. The highest BCUT2D eigenvalue weighted by atomic mass is 16.7. The molecule has 0 radical (unpaired) electrons. The molecule has 0 aromatic heterocycles. The van der Waals surface area contributed by atoms with Gasteiger partial charge < -0.3 is 56.1 Å².